The highest BCUT2D eigenvalue weighted by molar-refractivity contribution is 7.90. The molecular weight excluding hydrogens is 412 g/mol. The van der Waals surface area contributed by atoms with Crippen molar-refractivity contribution in [3.05, 3.63) is 90.0 Å². The first-order valence-electron chi connectivity index (χ1n) is 10.00. The highest BCUT2D eigenvalue weighted by Gasteiger charge is 2.29. The Hall–Kier alpha value is -3.45. The van der Waals surface area contributed by atoms with Crippen molar-refractivity contribution < 1.29 is 18.0 Å². The first kappa shape index (κ1) is 20.8. The van der Waals surface area contributed by atoms with Crippen LogP contribution >= 0.6 is 0 Å². The van der Waals surface area contributed by atoms with E-state index in [0.29, 0.717) is 22.5 Å². The summed E-state index contributed by atoms with van der Waals surface area (Å²) < 4.78 is 25.2. The quantitative estimate of drug-likeness (QED) is 0.581. The largest absolute Gasteiger partial charge is 0.326 e. The molecule has 0 spiro atoms. The topological polar surface area (TPSA) is 92.3 Å². The van der Waals surface area contributed by atoms with Gasteiger partial charge in [0.1, 0.15) is 0 Å². The van der Waals surface area contributed by atoms with Gasteiger partial charge in [0.25, 0.3) is 5.91 Å². The Morgan fingerprint density at radius 1 is 0.806 bits per heavy atom. The molecule has 4 rings (SSSR count). The van der Waals surface area contributed by atoms with Crippen LogP contribution in [0.5, 0.6) is 0 Å². The molecule has 2 amide bonds. The van der Waals surface area contributed by atoms with Crippen LogP contribution in [0, 0.1) is 5.92 Å². The maximum Gasteiger partial charge on any atom is 0.255 e. The summed E-state index contributed by atoms with van der Waals surface area (Å²) in [6.07, 6.45) is 1.81. The average Bonchev–Trinajstić information content (AvgIpc) is 3.60. The van der Waals surface area contributed by atoms with Crippen LogP contribution < -0.4 is 10.6 Å². The molecule has 3 aromatic carbocycles. The number of carbonyl (C=O) groups is 2. The fourth-order valence-electron chi connectivity index (χ4n) is 3.20. The number of hydrogen-bond donors (Lipinski definition) is 2. The second kappa shape index (κ2) is 8.73. The molecule has 6 nitrogen and oxygen atoms in total. The summed E-state index contributed by atoms with van der Waals surface area (Å²) in [4.78, 5) is 24.9. The van der Waals surface area contributed by atoms with Crippen LogP contribution in [0.15, 0.2) is 83.8 Å². The molecule has 0 radical (unpaired) electrons. The molecule has 0 aromatic heterocycles. The summed E-state index contributed by atoms with van der Waals surface area (Å²) in [6, 6.07) is 21.8. The van der Waals surface area contributed by atoms with E-state index < -0.39 is 9.84 Å². The number of sulfone groups is 1. The van der Waals surface area contributed by atoms with E-state index in [4.69, 9.17) is 0 Å². The van der Waals surface area contributed by atoms with Gasteiger partial charge in [0.15, 0.2) is 9.84 Å². The highest BCUT2D eigenvalue weighted by Crippen LogP contribution is 2.30. The van der Waals surface area contributed by atoms with E-state index in [1.54, 1.807) is 78.9 Å². The molecule has 1 saturated carbocycles. The van der Waals surface area contributed by atoms with Crippen LogP contribution in [0.4, 0.5) is 11.4 Å². The summed E-state index contributed by atoms with van der Waals surface area (Å²) in [5.74, 6) is -0.452. The number of carbonyl (C=O) groups excluding carboxylic acids is 2. The zero-order valence-electron chi connectivity index (χ0n) is 16.7. The average molecular weight is 435 g/mol. The lowest BCUT2D eigenvalue weighted by Crippen LogP contribution is -2.15. The molecule has 7 heteroatoms. The van der Waals surface area contributed by atoms with E-state index >= 15 is 0 Å². The molecule has 1 fully saturated rings. The first-order valence-corrected chi connectivity index (χ1v) is 11.6. The van der Waals surface area contributed by atoms with Gasteiger partial charge in [-0.15, -0.1) is 0 Å². The van der Waals surface area contributed by atoms with Crippen molar-refractivity contribution in [2.24, 2.45) is 5.92 Å². The lowest BCUT2D eigenvalue weighted by molar-refractivity contribution is -0.117. The SMILES string of the molecule is O=C(Nc1cccc(CS(=O)(=O)c2ccccc2)c1)c1cccc(NC(=O)C2CC2)c1. The number of amides is 2. The third-order valence-corrected chi connectivity index (χ3v) is 6.69. The summed E-state index contributed by atoms with van der Waals surface area (Å²) in [7, 11) is -3.48. The normalized spacial score (nSPS) is 13.4. The Kier molecular flexibility index (Phi) is 5.86. The van der Waals surface area contributed by atoms with E-state index in [2.05, 4.69) is 10.6 Å². The Morgan fingerprint density at radius 3 is 2.19 bits per heavy atom. The third-order valence-electron chi connectivity index (χ3n) is 4.98. The van der Waals surface area contributed by atoms with Gasteiger partial charge in [-0.2, -0.15) is 0 Å². The van der Waals surface area contributed by atoms with Crippen LogP contribution in [0.25, 0.3) is 0 Å². The Labute approximate surface area is 181 Å². The van der Waals surface area contributed by atoms with E-state index in [1.807, 2.05) is 0 Å². The summed E-state index contributed by atoms with van der Waals surface area (Å²) in [5.41, 5.74) is 2.05. The van der Waals surface area contributed by atoms with Crippen LogP contribution in [0.1, 0.15) is 28.8 Å². The Balaban J connectivity index is 1.45. The van der Waals surface area contributed by atoms with Crippen LogP contribution in [0.2, 0.25) is 0 Å². The molecule has 1 aliphatic carbocycles. The fourth-order valence-corrected chi connectivity index (χ4v) is 4.56. The molecule has 3 aromatic rings. The minimum Gasteiger partial charge on any atom is -0.326 e. The Bertz CT molecular complexity index is 1220. The summed E-state index contributed by atoms with van der Waals surface area (Å²) in [6.45, 7) is 0. The van der Waals surface area contributed by atoms with E-state index in [-0.39, 0.29) is 28.4 Å². The van der Waals surface area contributed by atoms with E-state index in [1.165, 1.54) is 0 Å². The van der Waals surface area contributed by atoms with Gasteiger partial charge in [-0.1, -0.05) is 36.4 Å². The van der Waals surface area contributed by atoms with Crippen molar-refractivity contribution in [3.8, 4) is 0 Å². The van der Waals surface area contributed by atoms with E-state index in [9.17, 15) is 18.0 Å². The van der Waals surface area contributed by atoms with Crippen LogP contribution in [0.3, 0.4) is 0 Å². The zero-order chi connectivity index (χ0) is 21.8. The zero-order valence-corrected chi connectivity index (χ0v) is 17.6. The maximum absolute atomic E-state index is 12.7. The summed E-state index contributed by atoms with van der Waals surface area (Å²) >= 11 is 0. The van der Waals surface area contributed by atoms with Gasteiger partial charge in [0.2, 0.25) is 5.91 Å². The molecule has 0 saturated heterocycles. The smallest absolute Gasteiger partial charge is 0.255 e. The van der Waals surface area contributed by atoms with Gasteiger partial charge in [-0.05, 0) is 60.9 Å². The predicted molar refractivity (Wildman–Crippen MR) is 120 cm³/mol. The fraction of sp³-hybridized carbons (Fsp3) is 0.167. The minimum absolute atomic E-state index is 0.0233. The van der Waals surface area contributed by atoms with Gasteiger partial charge in [0, 0.05) is 22.9 Å². The molecular formula is C24H22N2O4S. The number of benzene rings is 3. The van der Waals surface area contributed by atoms with Gasteiger partial charge in [-0.3, -0.25) is 9.59 Å². The molecule has 31 heavy (non-hydrogen) atoms. The van der Waals surface area contributed by atoms with E-state index in [0.717, 1.165) is 12.8 Å². The van der Waals surface area contributed by atoms with Gasteiger partial charge in [0.05, 0.1) is 10.6 Å². The molecule has 0 aliphatic heterocycles. The van der Waals surface area contributed by atoms with Crippen molar-refractivity contribution in [1.82, 2.24) is 0 Å². The minimum atomic E-state index is -3.48. The van der Waals surface area contributed by atoms with Gasteiger partial charge in [-0.25, -0.2) is 8.42 Å². The first-order chi connectivity index (χ1) is 14.9. The molecule has 158 valence electrons. The van der Waals surface area contributed by atoms with Crippen molar-refractivity contribution in [3.63, 3.8) is 0 Å². The van der Waals surface area contributed by atoms with Crippen LogP contribution in [-0.2, 0) is 20.4 Å². The second-order valence-electron chi connectivity index (χ2n) is 7.57. The van der Waals surface area contributed by atoms with Crippen molar-refractivity contribution >= 4 is 33.0 Å². The van der Waals surface area contributed by atoms with Gasteiger partial charge >= 0.3 is 0 Å². The van der Waals surface area contributed by atoms with Crippen molar-refractivity contribution in [2.75, 3.05) is 10.6 Å². The lowest BCUT2D eigenvalue weighted by Gasteiger charge is -2.10. The number of rotatable bonds is 7. The van der Waals surface area contributed by atoms with Crippen molar-refractivity contribution in [2.45, 2.75) is 23.5 Å². The molecule has 0 heterocycles. The Morgan fingerprint density at radius 2 is 1.48 bits per heavy atom. The molecule has 0 bridgehead atoms. The van der Waals surface area contributed by atoms with Crippen molar-refractivity contribution in [1.29, 1.82) is 0 Å². The standard InChI is InChI=1S/C24H22N2O4S/c27-23(18-12-13-18)26-21-9-5-7-19(15-21)24(28)25-20-8-4-6-17(14-20)16-31(29,30)22-10-2-1-3-11-22/h1-11,14-15,18H,12-13,16H2,(H,25,28)(H,26,27). The highest BCUT2D eigenvalue weighted by atomic mass is 32.2. The number of nitrogens with one attached hydrogen (secondary N) is 2. The summed E-state index contributed by atoms with van der Waals surface area (Å²) in [5, 5.41) is 5.62. The number of hydrogen-bond acceptors (Lipinski definition) is 4. The second-order valence-corrected chi connectivity index (χ2v) is 9.56. The molecule has 0 unspecified atom stereocenters. The number of anilines is 2. The maximum atomic E-state index is 12.7. The monoisotopic (exact) mass is 434 g/mol. The van der Waals surface area contributed by atoms with Gasteiger partial charge < -0.3 is 10.6 Å². The molecule has 0 atom stereocenters. The molecule has 1 aliphatic rings. The lowest BCUT2D eigenvalue weighted by atomic mass is 10.1. The third kappa shape index (κ3) is 5.38. The van der Waals surface area contributed by atoms with Crippen LogP contribution in [-0.4, -0.2) is 20.2 Å². The molecule has 2 N–H and O–H groups in total. The predicted octanol–water partition coefficient (Wildman–Crippen LogP) is 4.26.